The smallest absolute Gasteiger partial charge is 0.393 e. The van der Waals surface area contributed by atoms with E-state index in [1.54, 1.807) is 0 Å². The van der Waals surface area contributed by atoms with Crippen LogP contribution in [0.1, 0.15) is 58.3 Å². The highest BCUT2D eigenvalue weighted by atomic mass is 31.2. The molecule has 0 saturated heterocycles. The Morgan fingerprint density at radius 3 is 2.14 bits per heavy atom. The summed E-state index contributed by atoms with van der Waals surface area (Å²) in [5, 5.41) is 17.4. The van der Waals surface area contributed by atoms with Crippen LogP contribution in [-0.4, -0.2) is 78.6 Å². The molecule has 2 unspecified atom stereocenters. The summed E-state index contributed by atoms with van der Waals surface area (Å²) in [6, 6.07) is 0. The first-order valence-electron chi connectivity index (χ1n) is 9.94. The Hall–Kier alpha value is -0.380. The molecule has 0 aromatic rings. The Morgan fingerprint density at radius 2 is 1.64 bits per heavy atom. The van der Waals surface area contributed by atoms with E-state index in [0.717, 1.165) is 19.3 Å². The number of phosphoric acid groups is 1. The molecule has 0 saturated carbocycles. The fourth-order valence-electron chi connectivity index (χ4n) is 2.59. The van der Waals surface area contributed by atoms with Crippen molar-refractivity contribution in [3.63, 3.8) is 0 Å². The lowest BCUT2D eigenvalue weighted by molar-refractivity contribution is -0.872. The second kappa shape index (κ2) is 14.6. The zero-order chi connectivity index (χ0) is 21.6. The van der Waals surface area contributed by atoms with Crippen molar-refractivity contribution in [1.82, 2.24) is 0 Å². The Bertz CT molecular complexity index is 465. The SMILES string of the molecule is CCCCCCCCCC(=O)C(C[N+](C)(C)C)OP(=O)(O)OC[C@@H](CO)OO. The van der Waals surface area contributed by atoms with Gasteiger partial charge >= 0.3 is 7.82 Å². The minimum atomic E-state index is -4.56. The zero-order valence-corrected chi connectivity index (χ0v) is 18.6. The highest BCUT2D eigenvalue weighted by molar-refractivity contribution is 7.47. The van der Waals surface area contributed by atoms with Gasteiger partial charge in [-0.25, -0.2) is 9.45 Å². The summed E-state index contributed by atoms with van der Waals surface area (Å²) in [4.78, 5) is 26.3. The van der Waals surface area contributed by atoms with Crippen LogP contribution < -0.4 is 0 Å². The molecule has 0 aromatic heterocycles. The van der Waals surface area contributed by atoms with E-state index in [0.29, 0.717) is 10.9 Å². The highest BCUT2D eigenvalue weighted by Crippen LogP contribution is 2.45. The van der Waals surface area contributed by atoms with Crippen molar-refractivity contribution in [2.75, 3.05) is 40.9 Å². The number of ketones is 1. The maximum absolute atomic E-state index is 12.6. The largest absolute Gasteiger partial charge is 0.473 e. The van der Waals surface area contributed by atoms with Crippen LogP contribution in [0.2, 0.25) is 0 Å². The summed E-state index contributed by atoms with van der Waals surface area (Å²) in [5.74, 6) is -0.239. The highest BCUT2D eigenvalue weighted by Gasteiger charge is 2.35. The van der Waals surface area contributed by atoms with Gasteiger partial charge in [-0.05, 0) is 6.42 Å². The number of hydrogen-bond acceptors (Lipinski definition) is 7. The van der Waals surface area contributed by atoms with Gasteiger partial charge < -0.3 is 14.5 Å². The summed E-state index contributed by atoms with van der Waals surface area (Å²) < 4.78 is 22.4. The number of Topliss-reactive ketones (excluding diaryl/α,β-unsaturated/α-hetero) is 1. The molecule has 3 atom stereocenters. The van der Waals surface area contributed by atoms with Crippen molar-refractivity contribution in [1.29, 1.82) is 0 Å². The monoisotopic (exact) mass is 428 g/mol. The van der Waals surface area contributed by atoms with Gasteiger partial charge in [0, 0.05) is 6.42 Å². The summed E-state index contributed by atoms with van der Waals surface area (Å²) >= 11 is 0. The van der Waals surface area contributed by atoms with Crippen LogP contribution >= 0.6 is 7.82 Å². The van der Waals surface area contributed by atoms with E-state index in [2.05, 4.69) is 11.8 Å². The predicted octanol–water partition coefficient (Wildman–Crippen LogP) is 2.76. The third kappa shape index (κ3) is 14.6. The van der Waals surface area contributed by atoms with Gasteiger partial charge in [-0.2, -0.15) is 0 Å². The normalized spacial score (nSPS) is 16.5. The Labute approximate surface area is 168 Å². The van der Waals surface area contributed by atoms with Gasteiger partial charge in [-0.3, -0.25) is 19.1 Å². The molecule has 0 aliphatic rings. The molecular formula is C18H39NO8P+. The molecule has 168 valence electrons. The fraction of sp³-hybridized carbons (Fsp3) is 0.944. The number of nitrogens with zero attached hydrogens (tertiary/aromatic N) is 1. The summed E-state index contributed by atoms with van der Waals surface area (Å²) in [5.41, 5.74) is 0. The molecule has 0 spiro atoms. The van der Waals surface area contributed by atoms with E-state index < -0.39 is 33.2 Å². The lowest BCUT2D eigenvalue weighted by atomic mass is 10.0. The first kappa shape index (κ1) is 27.6. The molecule has 9 nitrogen and oxygen atoms in total. The number of aliphatic hydroxyl groups excluding tert-OH is 1. The van der Waals surface area contributed by atoms with Crippen LogP contribution in [0.3, 0.4) is 0 Å². The average molecular weight is 428 g/mol. The number of phosphoric ester groups is 1. The number of hydrogen-bond donors (Lipinski definition) is 3. The molecule has 0 amide bonds. The van der Waals surface area contributed by atoms with Crippen molar-refractivity contribution in [3.05, 3.63) is 0 Å². The van der Waals surface area contributed by atoms with Crippen LogP contribution in [-0.2, 0) is 23.3 Å². The van der Waals surface area contributed by atoms with Crippen molar-refractivity contribution in [2.45, 2.75) is 70.5 Å². The number of carbonyl (C=O) groups is 1. The van der Waals surface area contributed by atoms with Gasteiger partial charge in [0.2, 0.25) is 0 Å². The van der Waals surface area contributed by atoms with Crippen LogP contribution in [0.15, 0.2) is 0 Å². The average Bonchev–Trinajstić information content (AvgIpc) is 2.59. The fourth-order valence-corrected chi connectivity index (χ4v) is 3.52. The molecular weight excluding hydrogens is 389 g/mol. The lowest BCUT2D eigenvalue weighted by Crippen LogP contribution is -2.45. The van der Waals surface area contributed by atoms with Crippen LogP contribution in [0.25, 0.3) is 0 Å². The van der Waals surface area contributed by atoms with E-state index in [9.17, 15) is 14.3 Å². The molecule has 0 bridgehead atoms. The van der Waals surface area contributed by atoms with Crippen molar-refractivity contribution in [3.8, 4) is 0 Å². The summed E-state index contributed by atoms with van der Waals surface area (Å²) in [6.45, 7) is 1.22. The number of unbranched alkanes of at least 4 members (excludes halogenated alkanes) is 6. The topological polar surface area (TPSA) is 123 Å². The summed E-state index contributed by atoms with van der Waals surface area (Å²) in [6.07, 6.45) is 5.50. The van der Waals surface area contributed by atoms with Crippen molar-refractivity contribution in [2.24, 2.45) is 0 Å². The number of carbonyl (C=O) groups excluding carboxylic acids is 1. The van der Waals surface area contributed by atoms with Gasteiger partial charge in [0.1, 0.15) is 12.6 Å². The van der Waals surface area contributed by atoms with E-state index in [1.807, 2.05) is 21.1 Å². The second-order valence-electron chi connectivity index (χ2n) is 8.08. The van der Waals surface area contributed by atoms with Crippen molar-refractivity contribution < 1.29 is 43.0 Å². The maximum Gasteiger partial charge on any atom is 0.473 e. The molecule has 0 fully saturated rings. The molecule has 0 radical (unpaired) electrons. The standard InChI is InChI=1S/C18H38NO8P/c1-5-6-7-8-9-10-11-12-17(21)18(13-19(2,3)4)27-28(23,24)25-15-16(14-20)26-22/h16,18,20H,5-15H2,1-4H3,(H-,22,23,24)/p+1/t16-,18?/m1/s1. The predicted molar refractivity (Wildman–Crippen MR) is 106 cm³/mol. The van der Waals surface area contributed by atoms with Crippen LogP contribution in [0.5, 0.6) is 0 Å². The van der Waals surface area contributed by atoms with E-state index in [-0.39, 0.29) is 18.7 Å². The molecule has 3 N–H and O–H groups in total. The summed E-state index contributed by atoms with van der Waals surface area (Å²) in [7, 11) is 0.988. The van der Waals surface area contributed by atoms with Crippen molar-refractivity contribution >= 4 is 13.6 Å². The number of aliphatic hydroxyl groups is 1. The Kier molecular flexibility index (Phi) is 14.4. The Balaban J connectivity index is 4.62. The van der Waals surface area contributed by atoms with Gasteiger partial charge in [-0.15, -0.1) is 0 Å². The van der Waals surface area contributed by atoms with E-state index in [1.165, 1.54) is 19.3 Å². The molecule has 10 heteroatoms. The maximum atomic E-state index is 12.6. The minimum Gasteiger partial charge on any atom is -0.393 e. The number of rotatable bonds is 18. The molecule has 0 heterocycles. The van der Waals surface area contributed by atoms with Gasteiger partial charge in [0.25, 0.3) is 0 Å². The quantitative estimate of drug-likeness (QED) is 0.100. The first-order valence-corrected chi connectivity index (χ1v) is 11.4. The molecule has 0 aliphatic carbocycles. The van der Waals surface area contributed by atoms with E-state index in [4.69, 9.17) is 19.4 Å². The second-order valence-corrected chi connectivity index (χ2v) is 9.49. The third-order valence-electron chi connectivity index (χ3n) is 4.14. The minimum absolute atomic E-state index is 0.211. The zero-order valence-electron chi connectivity index (χ0n) is 17.7. The van der Waals surface area contributed by atoms with Crippen LogP contribution in [0, 0.1) is 0 Å². The molecule has 0 rings (SSSR count). The third-order valence-corrected chi connectivity index (χ3v) is 5.13. The Morgan fingerprint density at radius 1 is 1.07 bits per heavy atom. The first-order chi connectivity index (χ1) is 13.0. The van der Waals surface area contributed by atoms with Gasteiger partial charge in [0.15, 0.2) is 11.9 Å². The molecule has 0 aliphatic heterocycles. The van der Waals surface area contributed by atoms with Crippen LogP contribution in [0.4, 0.5) is 0 Å². The number of likely N-dealkylation sites (N-methyl/N-ethyl adjacent to an activating group) is 1. The van der Waals surface area contributed by atoms with Gasteiger partial charge in [-0.1, -0.05) is 45.4 Å². The number of quaternary nitrogens is 1. The molecule has 0 aromatic carbocycles. The lowest BCUT2D eigenvalue weighted by Gasteiger charge is -2.29. The van der Waals surface area contributed by atoms with Gasteiger partial charge in [0.05, 0.1) is 34.4 Å². The van der Waals surface area contributed by atoms with E-state index >= 15 is 0 Å². The molecule has 28 heavy (non-hydrogen) atoms.